The van der Waals surface area contributed by atoms with Crippen molar-refractivity contribution in [2.45, 2.75) is 58.7 Å². The summed E-state index contributed by atoms with van der Waals surface area (Å²) < 4.78 is 13.5. The molecule has 3 rings (SSSR count). The van der Waals surface area contributed by atoms with Crippen LogP contribution in [0.3, 0.4) is 0 Å². The zero-order valence-corrected chi connectivity index (χ0v) is 20.3. The predicted octanol–water partition coefficient (Wildman–Crippen LogP) is 5.23. The number of carbonyl (C=O) groups is 2. The number of benzene rings is 3. The van der Waals surface area contributed by atoms with Gasteiger partial charge in [0.15, 0.2) is 0 Å². The van der Waals surface area contributed by atoms with Crippen molar-refractivity contribution >= 4 is 11.8 Å². The quantitative estimate of drug-likeness (QED) is 0.500. The average Bonchev–Trinajstić information content (AvgIpc) is 2.78. The first kappa shape index (κ1) is 25.2. The number of aryl methyl sites for hydroxylation is 1. The van der Waals surface area contributed by atoms with Crippen LogP contribution in [-0.2, 0) is 29.0 Å². The molecule has 5 heteroatoms. The SMILES string of the molecule is Cc1ccccc1CC(=O)N(Cc1ccc(F)cc1)[C@H](Cc1ccccc1)C(=O)NC(C)(C)C. The Balaban J connectivity index is 1.99. The van der Waals surface area contributed by atoms with Crippen molar-refractivity contribution in [1.82, 2.24) is 10.2 Å². The van der Waals surface area contributed by atoms with Gasteiger partial charge in [-0.25, -0.2) is 4.39 Å². The maximum atomic E-state index is 13.7. The minimum Gasteiger partial charge on any atom is -0.350 e. The number of halogens is 1. The van der Waals surface area contributed by atoms with Crippen LogP contribution < -0.4 is 5.32 Å². The van der Waals surface area contributed by atoms with Gasteiger partial charge < -0.3 is 10.2 Å². The Hall–Kier alpha value is -3.47. The fourth-order valence-electron chi connectivity index (χ4n) is 3.87. The van der Waals surface area contributed by atoms with E-state index >= 15 is 0 Å². The van der Waals surface area contributed by atoms with Gasteiger partial charge in [0.2, 0.25) is 11.8 Å². The Morgan fingerprint density at radius 1 is 0.882 bits per heavy atom. The normalized spacial score (nSPS) is 12.1. The second kappa shape index (κ2) is 11.1. The van der Waals surface area contributed by atoms with Crippen LogP contribution in [0.5, 0.6) is 0 Å². The van der Waals surface area contributed by atoms with Crippen LogP contribution in [0.25, 0.3) is 0 Å². The Labute approximate surface area is 201 Å². The lowest BCUT2D eigenvalue weighted by molar-refractivity contribution is -0.141. The monoisotopic (exact) mass is 460 g/mol. The van der Waals surface area contributed by atoms with Gasteiger partial charge in [0.25, 0.3) is 0 Å². The molecule has 4 nitrogen and oxygen atoms in total. The van der Waals surface area contributed by atoms with Gasteiger partial charge >= 0.3 is 0 Å². The number of carbonyl (C=O) groups excluding carboxylic acids is 2. The zero-order chi connectivity index (χ0) is 24.7. The van der Waals surface area contributed by atoms with Crippen LogP contribution in [0.1, 0.15) is 43.0 Å². The van der Waals surface area contributed by atoms with E-state index in [1.165, 1.54) is 12.1 Å². The van der Waals surface area contributed by atoms with Crippen molar-refractivity contribution in [2.24, 2.45) is 0 Å². The minimum absolute atomic E-state index is 0.149. The summed E-state index contributed by atoms with van der Waals surface area (Å²) in [7, 11) is 0. The third-order valence-corrected chi connectivity index (χ3v) is 5.64. The number of nitrogens with zero attached hydrogens (tertiary/aromatic N) is 1. The second-order valence-electron chi connectivity index (χ2n) is 9.70. The molecule has 0 fully saturated rings. The fraction of sp³-hybridized carbons (Fsp3) is 0.310. The van der Waals surface area contributed by atoms with E-state index < -0.39 is 11.6 Å². The maximum Gasteiger partial charge on any atom is 0.243 e. The summed E-state index contributed by atoms with van der Waals surface area (Å²) in [5.41, 5.74) is 3.22. The molecular weight excluding hydrogens is 427 g/mol. The summed E-state index contributed by atoms with van der Waals surface area (Å²) >= 11 is 0. The summed E-state index contributed by atoms with van der Waals surface area (Å²) in [6.45, 7) is 7.94. The Morgan fingerprint density at radius 3 is 2.12 bits per heavy atom. The standard InChI is InChI=1S/C29H33FN2O2/c1-21-10-8-9-13-24(21)19-27(33)32(20-23-14-16-25(30)17-15-23)26(28(34)31-29(2,3)4)18-22-11-6-5-7-12-22/h5-17,26H,18-20H2,1-4H3,(H,31,34)/t26-/m1/s1. The smallest absolute Gasteiger partial charge is 0.243 e. The van der Waals surface area contributed by atoms with Gasteiger partial charge in [-0.2, -0.15) is 0 Å². The molecular formula is C29H33FN2O2. The minimum atomic E-state index is -0.719. The van der Waals surface area contributed by atoms with Gasteiger partial charge in [-0.1, -0.05) is 66.7 Å². The molecule has 34 heavy (non-hydrogen) atoms. The van der Waals surface area contributed by atoms with Crippen LogP contribution in [0.15, 0.2) is 78.9 Å². The van der Waals surface area contributed by atoms with Crippen LogP contribution in [0.4, 0.5) is 4.39 Å². The van der Waals surface area contributed by atoms with Gasteiger partial charge in [-0.15, -0.1) is 0 Å². The van der Waals surface area contributed by atoms with Gasteiger partial charge in [0, 0.05) is 18.5 Å². The first-order valence-corrected chi connectivity index (χ1v) is 11.6. The topological polar surface area (TPSA) is 49.4 Å². The molecule has 0 saturated heterocycles. The summed E-state index contributed by atoms with van der Waals surface area (Å²) in [4.78, 5) is 28.9. The molecule has 1 atom stereocenters. The van der Waals surface area contributed by atoms with E-state index in [0.717, 1.165) is 22.3 Å². The van der Waals surface area contributed by atoms with Gasteiger partial charge in [-0.05, 0) is 62.1 Å². The molecule has 0 unspecified atom stereocenters. The van der Waals surface area contributed by atoms with Crippen molar-refractivity contribution in [2.75, 3.05) is 0 Å². The number of rotatable bonds is 8. The molecule has 0 aliphatic rings. The van der Waals surface area contributed by atoms with E-state index in [9.17, 15) is 14.0 Å². The number of hydrogen-bond donors (Lipinski definition) is 1. The molecule has 0 aliphatic carbocycles. The molecule has 0 spiro atoms. The summed E-state index contributed by atoms with van der Waals surface area (Å²) in [5, 5.41) is 3.05. The molecule has 0 saturated carbocycles. The van der Waals surface area contributed by atoms with Crippen molar-refractivity contribution in [1.29, 1.82) is 0 Å². The van der Waals surface area contributed by atoms with Crippen LogP contribution in [0.2, 0.25) is 0 Å². The lowest BCUT2D eigenvalue weighted by atomic mass is 9.99. The zero-order valence-electron chi connectivity index (χ0n) is 20.3. The molecule has 178 valence electrons. The maximum absolute atomic E-state index is 13.7. The Kier molecular flexibility index (Phi) is 8.21. The van der Waals surface area contributed by atoms with Crippen molar-refractivity contribution in [3.8, 4) is 0 Å². The lowest BCUT2D eigenvalue weighted by Gasteiger charge is -2.34. The Bertz CT molecular complexity index is 1100. The van der Waals surface area contributed by atoms with Gasteiger partial charge in [0.05, 0.1) is 6.42 Å². The molecule has 3 aromatic rings. The van der Waals surface area contributed by atoms with E-state index in [4.69, 9.17) is 0 Å². The number of amides is 2. The number of nitrogens with one attached hydrogen (secondary N) is 1. The predicted molar refractivity (Wildman–Crippen MR) is 134 cm³/mol. The molecule has 0 aromatic heterocycles. The van der Waals surface area contributed by atoms with Crippen LogP contribution in [-0.4, -0.2) is 28.3 Å². The molecule has 0 heterocycles. The van der Waals surface area contributed by atoms with Gasteiger partial charge in [-0.3, -0.25) is 9.59 Å². The molecule has 0 radical (unpaired) electrons. The van der Waals surface area contributed by atoms with Crippen LogP contribution >= 0.6 is 0 Å². The molecule has 0 bridgehead atoms. The first-order chi connectivity index (χ1) is 16.1. The third kappa shape index (κ3) is 7.27. The summed E-state index contributed by atoms with van der Waals surface area (Å²) in [6, 6.07) is 22.8. The molecule has 1 N–H and O–H groups in total. The van der Waals surface area contributed by atoms with E-state index in [-0.39, 0.29) is 30.6 Å². The highest BCUT2D eigenvalue weighted by Crippen LogP contribution is 2.19. The highest BCUT2D eigenvalue weighted by Gasteiger charge is 2.32. The van der Waals surface area contributed by atoms with E-state index in [0.29, 0.717) is 6.42 Å². The van der Waals surface area contributed by atoms with E-state index in [1.807, 2.05) is 82.3 Å². The molecule has 3 aromatic carbocycles. The van der Waals surface area contributed by atoms with Crippen LogP contribution in [0, 0.1) is 12.7 Å². The van der Waals surface area contributed by atoms with Crippen molar-refractivity contribution in [3.05, 3.63) is 107 Å². The average molecular weight is 461 g/mol. The number of hydrogen-bond acceptors (Lipinski definition) is 2. The largest absolute Gasteiger partial charge is 0.350 e. The summed E-state index contributed by atoms with van der Waals surface area (Å²) in [5.74, 6) is -0.701. The lowest BCUT2D eigenvalue weighted by Crippen LogP contribution is -2.54. The molecule has 0 aliphatic heterocycles. The summed E-state index contributed by atoms with van der Waals surface area (Å²) in [6.07, 6.45) is 0.561. The van der Waals surface area contributed by atoms with Crippen molar-refractivity contribution in [3.63, 3.8) is 0 Å². The van der Waals surface area contributed by atoms with E-state index in [1.54, 1.807) is 17.0 Å². The van der Waals surface area contributed by atoms with Crippen molar-refractivity contribution < 1.29 is 14.0 Å². The van der Waals surface area contributed by atoms with Gasteiger partial charge in [0.1, 0.15) is 11.9 Å². The highest BCUT2D eigenvalue weighted by atomic mass is 19.1. The third-order valence-electron chi connectivity index (χ3n) is 5.64. The Morgan fingerprint density at radius 2 is 1.50 bits per heavy atom. The van der Waals surface area contributed by atoms with E-state index in [2.05, 4.69) is 5.32 Å². The molecule has 2 amide bonds. The first-order valence-electron chi connectivity index (χ1n) is 11.6. The second-order valence-corrected chi connectivity index (χ2v) is 9.70. The highest BCUT2D eigenvalue weighted by molar-refractivity contribution is 5.89. The fourth-order valence-corrected chi connectivity index (χ4v) is 3.87.